The van der Waals surface area contributed by atoms with Crippen molar-refractivity contribution in [3.8, 4) is 11.5 Å². The Labute approximate surface area is 141 Å². The zero-order valence-electron chi connectivity index (χ0n) is 13.3. The summed E-state index contributed by atoms with van der Waals surface area (Å²) in [6.45, 7) is 1.91. The van der Waals surface area contributed by atoms with Crippen LogP contribution in [-0.4, -0.2) is 10.9 Å². The Balaban J connectivity index is 1.63. The van der Waals surface area contributed by atoms with E-state index in [1.54, 1.807) is 30.5 Å². The SMILES string of the molecule is C[C@H](NC(=O)c1ccc(Oc2ccccc2)cc1)c1ccccn1. The lowest BCUT2D eigenvalue weighted by Crippen LogP contribution is -2.27. The summed E-state index contributed by atoms with van der Waals surface area (Å²) in [6, 6.07) is 22.1. The van der Waals surface area contributed by atoms with E-state index in [2.05, 4.69) is 10.3 Å². The highest BCUT2D eigenvalue weighted by molar-refractivity contribution is 5.94. The Hall–Kier alpha value is -3.14. The molecule has 24 heavy (non-hydrogen) atoms. The first kappa shape index (κ1) is 15.7. The van der Waals surface area contributed by atoms with Crippen molar-refractivity contribution in [2.45, 2.75) is 13.0 Å². The average Bonchev–Trinajstić information content (AvgIpc) is 2.64. The number of carbonyl (C=O) groups excluding carboxylic acids is 1. The fraction of sp³-hybridized carbons (Fsp3) is 0.100. The molecule has 0 unspecified atom stereocenters. The van der Waals surface area contributed by atoms with Crippen molar-refractivity contribution in [1.29, 1.82) is 0 Å². The quantitative estimate of drug-likeness (QED) is 0.760. The minimum atomic E-state index is -0.154. The van der Waals surface area contributed by atoms with Gasteiger partial charge in [0.2, 0.25) is 0 Å². The molecule has 1 heterocycles. The van der Waals surface area contributed by atoms with Gasteiger partial charge in [0.05, 0.1) is 11.7 Å². The van der Waals surface area contributed by atoms with E-state index in [1.165, 1.54) is 0 Å². The largest absolute Gasteiger partial charge is 0.457 e. The van der Waals surface area contributed by atoms with Gasteiger partial charge in [0, 0.05) is 11.8 Å². The molecule has 0 aliphatic heterocycles. The predicted octanol–water partition coefficient (Wildman–Crippen LogP) is 4.36. The summed E-state index contributed by atoms with van der Waals surface area (Å²) in [6.07, 6.45) is 1.72. The first-order valence-corrected chi connectivity index (χ1v) is 7.77. The smallest absolute Gasteiger partial charge is 0.251 e. The Morgan fingerprint density at radius 1 is 0.917 bits per heavy atom. The van der Waals surface area contributed by atoms with E-state index in [9.17, 15) is 4.79 Å². The topological polar surface area (TPSA) is 51.2 Å². The predicted molar refractivity (Wildman–Crippen MR) is 93.1 cm³/mol. The molecular formula is C20H18N2O2. The lowest BCUT2D eigenvalue weighted by molar-refractivity contribution is 0.0939. The molecule has 0 saturated heterocycles. The number of nitrogens with one attached hydrogen (secondary N) is 1. The van der Waals surface area contributed by atoms with Crippen LogP contribution in [0, 0.1) is 0 Å². The van der Waals surface area contributed by atoms with Gasteiger partial charge < -0.3 is 10.1 Å². The van der Waals surface area contributed by atoms with E-state index < -0.39 is 0 Å². The van der Waals surface area contributed by atoms with Gasteiger partial charge in [0.1, 0.15) is 11.5 Å². The van der Waals surface area contributed by atoms with E-state index in [0.29, 0.717) is 11.3 Å². The summed E-state index contributed by atoms with van der Waals surface area (Å²) in [4.78, 5) is 16.6. The molecule has 0 bridgehead atoms. The standard InChI is InChI=1S/C20H18N2O2/c1-15(19-9-5-6-14-21-19)22-20(23)16-10-12-18(13-11-16)24-17-7-3-2-4-8-17/h2-15H,1H3,(H,22,23)/t15-/m0/s1. The molecule has 0 aliphatic rings. The molecule has 0 fully saturated rings. The Morgan fingerprint density at radius 2 is 1.58 bits per heavy atom. The number of benzene rings is 2. The first-order chi connectivity index (χ1) is 11.7. The van der Waals surface area contributed by atoms with Crippen molar-refractivity contribution in [1.82, 2.24) is 10.3 Å². The van der Waals surface area contributed by atoms with Crippen molar-refractivity contribution < 1.29 is 9.53 Å². The monoisotopic (exact) mass is 318 g/mol. The Morgan fingerprint density at radius 3 is 2.25 bits per heavy atom. The van der Waals surface area contributed by atoms with Crippen LogP contribution in [-0.2, 0) is 0 Å². The van der Waals surface area contributed by atoms with Gasteiger partial charge in [0.15, 0.2) is 0 Å². The zero-order chi connectivity index (χ0) is 16.8. The van der Waals surface area contributed by atoms with Crippen LogP contribution in [0.2, 0.25) is 0 Å². The van der Waals surface area contributed by atoms with Gasteiger partial charge in [-0.2, -0.15) is 0 Å². The maximum atomic E-state index is 12.3. The average molecular weight is 318 g/mol. The number of amides is 1. The minimum Gasteiger partial charge on any atom is -0.457 e. The molecular weight excluding hydrogens is 300 g/mol. The van der Waals surface area contributed by atoms with E-state index in [4.69, 9.17) is 4.74 Å². The molecule has 3 aromatic rings. The number of carbonyl (C=O) groups is 1. The van der Waals surface area contributed by atoms with Gasteiger partial charge in [-0.05, 0) is 55.5 Å². The second-order valence-electron chi connectivity index (χ2n) is 5.39. The Bertz CT molecular complexity index is 787. The fourth-order valence-corrected chi connectivity index (χ4v) is 2.28. The van der Waals surface area contributed by atoms with Crippen LogP contribution in [0.4, 0.5) is 0 Å². The van der Waals surface area contributed by atoms with Crippen molar-refractivity contribution in [2.24, 2.45) is 0 Å². The van der Waals surface area contributed by atoms with Gasteiger partial charge in [-0.15, -0.1) is 0 Å². The molecule has 4 heteroatoms. The molecule has 2 aromatic carbocycles. The number of hydrogen-bond acceptors (Lipinski definition) is 3. The first-order valence-electron chi connectivity index (χ1n) is 7.77. The van der Waals surface area contributed by atoms with Crippen molar-refractivity contribution >= 4 is 5.91 Å². The summed E-state index contributed by atoms with van der Waals surface area (Å²) in [5.74, 6) is 1.31. The summed E-state index contributed by atoms with van der Waals surface area (Å²) in [5, 5.41) is 2.94. The number of ether oxygens (including phenoxy) is 1. The van der Waals surface area contributed by atoms with Crippen LogP contribution in [0.5, 0.6) is 11.5 Å². The third kappa shape index (κ3) is 3.98. The third-order valence-electron chi connectivity index (χ3n) is 3.57. The zero-order valence-corrected chi connectivity index (χ0v) is 13.3. The van der Waals surface area contributed by atoms with Gasteiger partial charge >= 0.3 is 0 Å². The normalized spacial score (nSPS) is 11.5. The van der Waals surface area contributed by atoms with Crippen molar-refractivity contribution in [2.75, 3.05) is 0 Å². The highest BCUT2D eigenvalue weighted by atomic mass is 16.5. The maximum Gasteiger partial charge on any atom is 0.251 e. The molecule has 0 spiro atoms. The molecule has 1 aromatic heterocycles. The second-order valence-corrected chi connectivity index (χ2v) is 5.39. The number of hydrogen-bond donors (Lipinski definition) is 1. The van der Waals surface area contributed by atoms with Gasteiger partial charge in [-0.25, -0.2) is 0 Å². The Kier molecular flexibility index (Phi) is 4.87. The van der Waals surface area contributed by atoms with E-state index in [0.717, 1.165) is 11.4 Å². The molecule has 1 amide bonds. The van der Waals surface area contributed by atoms with Gasteiger partial charge in [-0.3, -0.25) is 9.78 Å². The highest BCUT2D eigenvalue weighted by Gasteiger charge is 2.12. The summed E-state index contributed by atoms with van der Waals surface area (Å²) < 4.78 is 5.72. The van der Waals surface area contributed by atoms with Crippen LogP contribution in [0.3, 0.4) is 0 Å². The summed E-state index contributed by atoms with van der Waals surface area (Å²) in [5.41, 5.74) is 1.41. The fourth-order valence-electron chi connectivity index (χ4n) is 2.28. The number of nitrogens with zero attached hydrogens (tertiary/aromatic N) is 1. The maximum absolute atomic E-state index is 12.3. The lowest BCUT2D eigenvalue weighted by Gasteiger charge is -2.13. The van der Waals surface area contributed by atoms with Gasteiger partial charge in [-0.1, -0.05) is 24.3 Å². The molecule has 1 N–H and O–H groups in total. The molecule has 0 saturated carbocycles. The van der Waals surface area contributed by atoms with E-state index in [1.807, 2.05) is 55.5 Å². The molecule has 4 nitrogen and oxygen atoms in total. The molecule has 120 valence electrons. The molecule has 0 radical (unpaired) electrons. The number of rotatable bonds is 5. The van der Waals surface area contributed by atoms with Crippen LogP contribution < -0.4 is 10.1 Å². The molecule has 3 rings (SSSR count). The van der Waals surface area contributed by atoms with Crippen molar-refractivity contribution in [3.63, 3.8) is 0 Å². The lowest BCUT2D eigenvalue weighted by atomic mass is 10.1. The molecule has 0 aliphatic carbocycles. The highest BCUT2D eigenvalue weighted by Crippen LogP contribution is 2.21. The van der Waals surface area contributed by atoms with Crippen LogP contribution in [0.25, 0.3) is 0 Å². The molecule has 1 atom stereocenters. The minimum absolute atomic E-state index is 0.139. The third-order valence-corrected chi connectivity index (χ3v) is 3.57. The summed E-state index contributed by atoms with van der Waals surface area (Å²) in [7, 11) is 0. The van der Waals surface area contributed by atoms with Gasteiger partial charge in [0.25, 0.3) is 5.91 Å². The van der Waals surface area contributed by atoms with Crippen LogP contribution in [0.1, 0.15) is 29.0 Å². The number of aromatic nitrogens is 1. The second kappa shape index (κ2) is 7.42. The van der Waals surface area contributed by atoms with Crippen LogP contribution >= 0.6 is 0 Å². The van der Waals surface area contributed by atoms with E-state index in [-0.39, 0.29) is 11.9 Å². The van der Waals surface area contributed by atoms with Crippen LogP contribution in [0.15, 0.2) is 79.0 Å². The summed E-state index contributed by atoms with van der Waals surface area (Å²) >= 11 is 0. The number of pyridine rings is 1. The van der Waals surface area contributed by atoms with Crippen molar-refractivity contribution in [3.05, 3.63) is 90.3 Å². The van der Waals surface area contributed by atoms with E-state index >= 15 is 0 Å². The number of para-hydroxylation sites is 1.